The molecule has 12 atom stereocenters. The minimum absolute atomic E-state index is 0.0164. The van der Waals surface area contributed by atoms with Crippen molar-refractivity contribution in [3.63, 3.8) is 0 Å². The van der Waals surface area contributed by atoms with E-state index in [0.717, 1.165) is 6.92 Å². The third-order valence-electron chi connectivity index (χ3n) is 14.6. The summed E-state index contributed by atoms with van der Waals surface area (Å²) in [4.78, 5) is 180. The molecule has 1 aromatic rings. The third-order valence-corrected chi connectivity index (χ3v) is 14.6. The molecule has 32 nitrogen and oxygen atoms in total. The first kappa shape index (κ1) is 69.0. The van der Waals surface area contributed by atoms with E-state index in [1.165, 1.54) is 28.5 Å². The number of aliphatic hydroxyl groups excluding tert-OH is 2. The number of carboxylic acids is 2. The molecule has 4 rings (SSSR count). The minimum Gasteiger partial charge on any atom is -0.481 e. The number of amides is 11. The van der Waals surface area contributed by atoms with E-state index in [4.69, 9.17) is 22.9 Å². The van der Waals surface area contributed by atoms with Crippen molar-refractivity contribution in [2.24, 2.45) is 27.9 Å². The predicted octanol–water partition coefficient (Wildman–Crippen LogP) is -6.40. The molecule has 3 fully saturated rings. The van der Waals surface area contributed by atoms with Crippen molar-refractivity contribution < 1.29 is 82.8 Å². The van der Waals surface area contributed by atoms with E-state index in [1.807, 2.05) is 0 Å². The molecule has 3 aliphatic rings. The fraction of sp³-hybridized carbons (Fsp3) is 0.623. The first-order valence-electron chi connectivity index (χ1n) is 28.1. The number of aliphatic imine (C=N–C) groups is 1. The Balaban J connectivity index is 1.41. The number of likely N-dealkylation sites (tertiary alicyclic amines) is 3. The zero-order valence-electron chi connectivity index (χ0n) is 47.7. The topological polar surface area (TPSA) is 513 Å². The van der Waals surface area contributed by atoms with Crippen LogP contribution in [0.4, 0.5) is 0 Å². The summed E-state index contributed by atoms with van der Waals surface area (Å²) in [5.74, 6) is -12.2. The maximum absolute atomic E-state index is 14.3. The first-order chi connectivity index (χ1) is 40.1. The summed E-state index contributed by atoms with van der Waals surface area (Å²) in [6, 6.07) is -5.31. The van der Waals surface area contributed by atoms with Gasteiger partial charge >= 0.3 is 11.9 Å². The van der Waals surface area contributed by atoms with E-state index in [-0.39, 0.29) is 83.5 Å². The largest absolute Gasteiger partial charge is 0.481 e. The number of primary amides is 1. The van der Waals surface area contributed by atoms with Crippen LogP contribution in [-0.4, -0.2) is 223 Å². The molecule has 3 saturated heterocycles. The lowest BCUT2D eigenvalue weighted by Crippen LogP contribution is -2.60. The molecule has 0 aliphatic carbocycles. The van der Waals surface area contributed by atoms with Gasteiger partial charge in [0.05, 0.1) is 24.8 Å². The Hall–Kier alpha value is -8.52. The molecule has 0 bridgehead atoms. The van der Waals surface area contributed by atoms with E-state index in [0.29, 0.717) is 24.8 Å². The molecule has 0 saturated carbocycles. The van der Waals surface area contributed by atoms with Gasteiger partial charge in [0.1, 0.15) is 48.3 Å². The van der Waals surface area contributed by atoms with Crippen molar-refractivity contribution in [3.05, 3.63) is 35.9 Å². The van der Waals surface area contributed by atoms with Gasteiger partial charge < -0.3 is 95.3 Å². The zero-order chi connectivity index (χ0) is 63.2. The zero-order valence-corrected chi connectivity index (χ0v) is 47.7. The van der Waals surface area contributed by atoms with Crippen LogP contribution < -0.4 is 60.2 Å². The monoisotopic (exact) mass is 1200 g/mol. The normalized spacial score (nSPS) is 19.6. The molecular weight excluding hydrogens is 1120 g/mol. The van der Waals surface area contributed by atoms with Crippen LogP contribution in [0.5, 0.6) is 0 Å². The van der Waals surface area contributed by atoms with Crippen molar-refractivity contribution >= 4 is 82.9 Å². The molecule has 3 heterocycles. The Morgan fingerprint density at radius 1 is 0.600 bits per heavy atom. The summed E-state index contributed by atoms with van der Waals surface area (Å²) >= 11 is 0. The summed E-state index contributed by atoms with van der Waals surface area (Å²) in [6.07, 6.45) is -2.99. The number of aliphatic carboxylic acids is 2. The molecule has 85 heavy (non-hydrogen) atoms. The van der Waals surface area contributed by atoms with Crippen molar-refractivity contribution in [3.8, 4) is 0 Å². The molecule has 11 amide bonds. The lowest BCUT2D eigenvalue weighted by molar-refractivity contribution is -0.148. The van der Waals surface area contributed by atoms with Gasteiger partial charge in [-0.15, -0.1) is 0 Å². The Kier molecular flexibility index (Phi) is 26.9. The summed E-state index contributed by atoms with van der Waals surface area (Å²) in [6.45, 7) is 3.14. The van der Waals surface area contributed by atoms with Crippen LogP contribution in [0.1, 0.15) is 103 Å². The highest BCUT2D eigenvalue weighted by molar-refractivity contribution is 5.99. The van der Waals surface area contributed by atoms with E-state index in [1.54, 1.807) is 30.3 Å². The highest BCUT2D eigenvalue weighted by Crippen LogP contribution is 2.26. The van der Waals surface area contributed by atoms with Gasteiger partial charge in [0.25, 0.3) is 0 Å². The van der Waals surface area contributed by atoms with E-state index >= 15 is 0 Å². The van der Waals surface area contributed by atoms with Crippen LogP contribution >= 0.6 is 0 Å². The van der Waals surface area contributed by atoms with Crippen LogP contribution in [0.15, 0.2) is 35.3 Å². The number of aliphatic hydroxyl groups is 2. The number of benzene rings is 1. The number of nitrogens with two attached hydrogens (primary N) is 4. The fourth-order valence-electron chi connectivity index (χ4n) is 10.1. The van der Waals surface area contributed by atoms with E-state index in [2.05, 4.69) is 42.2 Å². The Labute approximate surface area is 489 Å². The van der Waals surface area contributed by atoms with Gasteiger partial charge in [-0.25, -0.2) is 4.79 Å². The Morgan fingerprint density at radius 2 is 1.14 bits per heavy atom. The van der Waals surface area contributed by atoms with Crippen molar-refractivity contribution in [1.82, 2.24) is 51.9 Å². The van der Waals surface area contributed by atoms with Crippen LogP contribution in [-0.2, 0) is 68.7 Å². The van der Waals surface area contributed by atoms with E-state index < -0.39 is 169 Å². The van der Waals surface area contributed by atoms with Crippen molar-refractivity contribution in [1.29, 1.82) is 0 Å². The number of hydrogen-bond acceptors (Lipinski definition) is 17. The number of nitrogens with zero attached hydrogens (tertiary/aromatic N) is 4. The average molecular weight is 1200 g/mol. The molecule has 0 aromatic heterocycles. The fourth-order valence-corrected chi connectivity index (χ4v) is 10.1. The second-order valence-electron chi connectivity index (χ2n) is 21.2. The molecule has 32 heteroatoms. The molecule has 470 valence electrons. The maximum atomic E-state index is 14.3. The lowest BCUT2D eigenvalue weighted by atomic mass is 10.0. The number of hydrogen-bond donors (Lipinski definition) is 15. The first-order valence-corrected chi connectivity index (χ1v) is 28.1. The highest BCUT2D eigenvalue weighted by Gasteiger charge is 2.45. The number of nitrogens with one attached hydrogen (secondary N) is 7. The van der Waals surface area contributed by atoms with Crippen molar-refractivity contribution in [2.45, 2.75) is 177 Å². The number of carbonyl (C=O) groups excluding carboxylic acids is 11. The quantitative estimate of drug-likeness (QED) is 0.0181. The standard InChI is InChI=1S/C53H81N15O17/c1-27(60-43(75)33(18-20-40(73)74)62-44(76)32(13-7-21-58-53(56)57)63-46(78)35-14-8-22-66(35)50(82)31(54)17-19-38(55)71)49(81)68-24-10-16-37(68)51(83)67-23-9-15-36(67)47(79)64-41(28(2)69)48(80)59-26-39(72)61-34(25-30-11-5-4-6-12-30)45(77)65-42(29(3)70)52(84)85/h4-6,11-12,27-29,31-37,41-42,69-70H,7-10,13-26,54H2,1-3H3,(H2,55,71)(H,59,80)(H,60,75)(H,61,72)(H,62,76)(H,63,78)(H,64,79)(H,65,77)(H,73,74)(H,84,85)(H4,56,57,58)/t27-,28+,29+,31-,32-,33-,34-,35-,36-,37-,41-,42-/m0/s1. The number of carboxylic acid groups (broad SMARTS) is 2. The maximum Gasteiger partial charge on any atom is 0.328 e. The molecule has 0 unspecified atom stereocenters. The van der Waals surface area contributed by atoms with Crippen LogP contribution in [0.2, 0.25) is 0 Å². The van der Waals surface area contributed by atoms with Gasteiger partial charge in [-0.3, -0.25) is 62.5 Å². The summed E-state index contributed by atoms with van der Waals surface area (Å²) < 4.78 is 0. The number of rotatable bonds is 32. The second kappa shape index (κ2) is 33.1. The van der Waals surface area contributed by atoms with Gasteiger partial charge in [0.15, 0.2) is 12.0 Å². The minimum atomic E-state index is -1.71. The number of guanidine groups is 1. The summed E-state index contributed by atoms with van der Waals surface area (Å²) in [5.41, 5.74) is 22.7. The Morgan fingerprint density at radius 3 is 1.72 bits per heavy atom. The van der Waals surface area contributed by atoms with Gasteiger partial charge in [-0.05, 0) is 90.5 Å². The van der Waals surface area contributed by atoms with Crippen molar-refractivity contribution in [2.75, 3.05) is 32.7 Å². The molecule has 3 aliphatic heterocycles. The third kappa shape index (κ3) is 20.9. The van der Waals surface area contributed by atoms with Crippen LogP contribution in [0.25, 0.3) is 0 Å². The molecular formula is C53H81N15O17. The Bertz CT molecular complexity index is 2620. The van der Waals surface area contributed by atoms with Crippen LogP contribution in [0, 0.1) is 0 Å². The van der Waals surface area contributed by atoms with Crippen LogP contribution in [0.3, 0.4) is 0 Å². The highest BCUT2D eigenvalue weighted by atomic mass is 16.4. The average Bonchev–Trinajstić information content (AvgIpc) is 3.93. The molecule has 0 spiro atoms. The molecule has 19 N–H and O–H groups in total. The van der Waals surface area contributed by atoms with Gasteiger partial charge in [0, 0.05) is 45.4 Å². The van der Waals surface area contributed by atoms with E-state index in [9.17, 15) is 82.8 Å². The second-order valence-corrected chi connectivity index (χ2v) is 21.2. The predicted molar refractivity (Wildman–Crippen MR) is 299 cm³/mol. The number of carbonyl (C=O) groups is 13. The molecule has 0 radical (unpaired) electrons. The van der Waals surface area contributed by atoms with Gasteiger partial charge in [-0.2, -0.15) is 0 Å². The summed E-state index contributed by atoms with van der Waals surface area (Å²) in [5, 5.41) is 56.6. The van der Waals surface area contributed by atoms with Gasteiger partial charge in [0.2, 0.25) is 65.0 Å². The van der Waals surface area contributed by atoms with Gasteiger partial charge in [-0.1, -0.05) is 30.3 Å². The summed E-state index contributed by atoms with van der Waals surface area (Å²) in [7, 11) is 0. The molecule has 1 aromatic carbocycles. The SMILES string of the molecule is C[C@H](NC(=O)[C@H](CCC(=O)O)NC(=O)[C@H](CCCN=C(N)N)NC(=O)[C@@H]1CCCN1C(=O)[C@@H](N)CCC(N)=O)C(=O)N1CCC[C@H]1C(=O)N1CCC[C@H]1C(=O)N[C@H](C(=O)NCC(=O)N[C@@H](Cc1ccccc1)C(=O)N[C@H](C(=O)O)[C@@H](C)O)[C@@H](C)O. The smallest absolute Gasteiger partial charge is 0.328 e. The lowest BCUT2D eigenvalue weighted by Gasteiger charge is -2.33.